The Kier molecular flexibility index (Phi) is 5.03. The van der Waals surface area contributed by atoms with Gasteiger partial charge in [0.2, 0.25) is 0 Å². The molecule has 2 aromatic rings. The summed E-state index contributed by atoms with van der Waals surface area (Å²) in [4.78, 5) is 15.4. The van der Waals surface area contributed by atoms with Crippen LogP contribution in [0.1, 0.15) is 11.1 Å². The molecule has 5 nitrogen and oxygen atoms in total. The lowest BCUT2D eigenvalue weighted by Gasteiger charge is -2.14. The number of aromatic amines is 1. The molecule has 1 aromatic carbocycles. The fourth-order valence-corrected chi connectivity index (χ4v) is 3.53. The van der Waals surface area contributed by atoms with Crippen LogP contribution in [-0.2, 0) is 6.54 Å². The zero-order valence-electron chi connectivity index (χ0n) is 15.6. The molecule has 154 valence electrons. The summed E-state index contributed by atoms with van der Waals surface area (Å²) in [6.45, 7) is 2.17. The van der Waals surface area contributed by atoms with Crippen molar-refractivity contribution in [2.45, 2.75) is 19.8 Å². The van der Waals surface area contributed by atoms with Crippen LogP contribution in [0.15, 0.2) is 59.7 Å². The number of hydrogen-bond donors (Lipinski definition) is 1. The third-order valence-corrected chi connectivity index (χ3v) is 5.11. The van der Waals surface area contributed by atoms with E-state index in [1.165, 1.54) is 18.2 Å². The van der Waals surface area contributed by atoms with Crippen molar-refractivity contribution in [3.63, 3.8) is 0 Å². The highest BCUT2D eigenvalue weighted by Gasteiger charge is 2.30. The SMILES string of the molecule is Cc1c(-c2cnn(Cc3ccc(OC(F)(F)F)cc3)c2)[nH]c2cccc(=O)c-2c1Cl. The molecule has 4 rings (SSSR count). The van der Waals surface area contributed by atoms with E-state index in [1.54, 1.807) is 41.3 Å². The predicted octanol–water partition coefficient (Wildman–Crippen LogP) is 5.25. The Morgan fingerprint density at radius 3 is 2.60 bits per heavy atom. The normalized spacial score (nSPS) is 11.8. The summed E-state index contributed by atoms with van der Waals surface area (Å²) in [5.41, 5.74) is 3.89. The second-order valence-corrected chi connectivity index (χ2v) is 7.11. The number of hydrogen-bond acceptors (Lipinski definition) is 3. The van der Waals surface area contributed by atoms with Gasteiger partial charge in [-0.25, -0.2) is 0 Å². The molecule has 0 atom stereocenters. The molecule has 2 heterocycles. The van der Waals surface area contributed by atoms with E-state index in [4.69, 9.17) is 11.6 Å². The maximum absolute atomic E-state index is 12.3. The molecule has 0 fully saturated rings. The van der Waals surface area contributed by atoms with Gasteiger partial charge in [-0.2, -0.15) is 5.10 Å². The van der Waals surface area contributed by atoms with Gasteiger partial charge >= 0.3 is 6.36 Å². The number of H-pyrrole nitrogens is 1. The first-order valence-corrected chi connectivity index (χ1v) is 9.28. The van der Waals surface area contributed by atoms with E-state index >= 15 is 0 Å². The number of nitrogens with zero attached hydrogens (tertiary/aromatic N) is 2. The summed E-state index contributed by atoms with van der Waals surface area (Å²) in [5.74, 6) is -0.277. The Balaban J connectivity index is 1.60. The molecule has 1 aromatic heterocycles. The summed E-state index contributed by atoms with van der Waals surface area (Å²) in [6, 6.07) is 10.5. The summed E-state index contributed by atoms with van der Waals surface area (Å²) in [6.07, 6.45) is -1.27. The van der Waals surface area contributed by atoms with Gasteiger partial charge in [-0.05, 0) is 42.3 Å². The van der Waals surface area contributed by atoms with Crippen LogP contribution < -0.4 is 10.2 Å². The molecule has 1 N–H and O–H groups in total. The van der Waals surface area contributed by atoms with Gasteiger partial charge in [0.15, 0.2) is 5.43 Å². The van der Waals surface area contributed by atoms with E-state index in [2.05, 4.69) is 14.8 Å². The van der Waals surface area contributed by atoms with E-state index < -0.39 is 6.36 Å². The van der Waals surface area contributed by atoms with E-state index in [9.17, 15) is 18.0 Å². The lowest BCUT2D eigenvalue weighted by molar-refractivity contribution is -0.274. The maximum atomic E-state index is 12.3. The van der Waals surface area contributed by atoms with Crippen molar-refractivity contribution in [1.29, 1.82) is 0 Å². The van der Waals surface area contributed by atoms with Crippen molar-refractivity contribution >= 4 is 11.6 Å². The van der Waals surface area contributed by atoms with Crippen LogP contribution in [0, 0.1) is 6.92 Å². The molecule has 0 amide bonds. The Morgan fingerprint density at radius 1 is 1.17 bits per heavy atom. The van der Waals surface area contributed by atoms with E-state index in [1.807, 2.05) is 6.92 Å². The topological polar surface area (TPSA) is 59.9 Å². The average Bonchev–Trinajstić information content (AvgIpc) is 3.13. The molecule has 0 unspecified atom stereocenters. The first-order valence-electron chi connectivity index (χ1n) is 8.90. The fourth-order valence-electron chi connectivity index (χ4n) is 3.24. The third-order valence-electron chi connectivity index (χ3n) is 4.63. The minimum absolute atomic E-state index is 0.156. The quantitative estimate of drug-likeness (QED) is 0.478. The highest BCUT2D eigenvalue weighted by atomic mass is 35.5. The van der Waals surface area contributed by atoms with Gasteiger partial charge in [-0.3, -0.25) is 9.48 Å². The van der Waals surface area contributed by atoms with Gasteiger partial charge in [0.25, 0.3) is 0 Å². The van der Waals surface area contributed by atoms with Crippen LogP contribution in [0.3, 0.4) is 0 Å². The predicted molar refractivity (Wildman–Crippen MR) is 107 cm³/mol. The third kappa shape index (κ3) is 4.04. The van der Waals surface area contributed by atoms with Crippen LogP contribution in [0.5, 0.6) is 5.75 Å². The Morgan fingerprint density at radius 2 is 1.90 bits per heavy atom. The largest absolute Gasteiger partial charge is 0.573 e. The minimum atomic E-state index is -4.72. The summed E-state index contributed by atoms with van der Waals surface area (Å²) >= 11 is 6.44. The van der Waals surface area contributed by atoms with Crippen molar-refractivity contribution in [3.8, 4) is 28.3 Å². The smallest absolute Gasteiger partial charge is 0.406 e. The van der Waals surface area contributed by atoms with Crippen molar-refractivity contribution in [2.24, 2.45) is 0 Å². The highest BCUT2D eigenvalue weighted by Crippen LogP contribution is 2.34. The number of nitrogens with one attached hydrogen (secondary N) is 1. The number of pyridine rings is 1. The lowest BCUT2D eigenvalue weighted by atomic mass is 10.0. The monoisotopic (exact) mass is 433 g/mol. The number of alkyl halides is 3. The maximum Gasteiger partial charge on any atom is 0.573 e. The van der Waals surface area contributed by atoms with E-state index in [0.29, 0.717) is 22.8 Å². The van der Waals surface area contributed by atoms with Crippen molar-refractivity contribution in [2.75, 3.05) is 0 Å². The highest BCUT2D eigenvalue weighted by molar-refractivity contribution is 6.34. The van der Waals surface area contributed by atoms with Crippen LogP contribution in [0.2, 0.25) is 5.02 Å². The number of halogens is 4. The average molecular weight is 434 g/mol. The number of benzene rings is 2. The molecule has 30 heavy (non-hydrogen) atoms. The van der Waals surface area contributed by atoms with Crippen LogP contribution in [0.4, 0.5) is 13.2 Å². The second kappa shape index (κ2) is 7.53. The molecule has 0 radical (unpaired) electrons. The molecule has 0 bridgehead atoms. The zero-order valence-corrected chi connectivity index (χ0v) is 16.4. The van der Waals surface area contributed by atoms with Crippen LogP contribution >= 0.6 is 11.6 Å². The molecule has 9 heteroatoms. The Bertz CT molecular complexity index is 1230. The fraction of sp³-hybridized carbons (Fsp3) is 0.143. The van der Waals surface area contributed by atoms with Crippen molar-refractivity contribution < 1.29 is 17.9 Å². The molecular formula is C21H15ClF3N3O2. The van der Waals surface area contributed by atoms with Crippen molar-refractivity contribution in [1.82, 2.24) is 14.8 Å². The number of rotatable bonds is 4. The first-order chi connectivity index (χ1) is 14.2. The molecule has 0 saturated heterocycles. The molecule has 0 saturated carbocycles. The molecular weight excluding hydrogens is 419 g/mol. The molecule has 2 aliphatic rings. The van der Waals surface area contributed by atoms with Gasteiger partial charge in [0.05, 0.1) is 34.7 Å². The van der Waals surface area contributed by atoms with Gasteiger partial charge < -0.3 is 9.72 Å². The Hall–Kier alpha value is -3.26. The van der Waals surface area contributed by atoms with Gasteiger partial charge in [0, 0.05) is 11.8 Å². The van der Waals surface area contributed by atoms with E-state index in [0.717, 1.165) is 22.4 Å². The standard InChI is InChI=1S/C21H15ClF3N3O2/c1-12-19(22)18-16(3-2-4-17(18)29)27-20(12)14-9-26-28(11-14)10-13-5-7-15(8-6-13)30-21(23,24)25/h2-9,11,27H,10H2,1H3. The second-order valence-electron chi connectivity index (χ2n) is 6.74. The van der Waals surface area contributed by atoms with E-state index in [-0.39, 0.29) is 11.2 Å². The first kappa shape index (κ1) is 20.0. The molecule has 1 aliphatic carbocycles. The van der Waals surface area contributed by atoms with Gasteiger partial charge in [-0.15, -0.1) is 13.2 Å². The number of aromatic nitrogens is 3. The summed E-state index contributed by atoms with van der Waals surface area (Å²) < 4.78 is 42.3. The summed E-state index contributed by atoms with van der Waals surface area (Å²) in [7, 11) is 0. The van der Waals surface area contributed by atoms with Gasteiger partial charge in [0.1, 0.15) is 5.75 Å². The van der Waals surface area contributed by atoms with Crippen molar-refractivity contribution in [3.05, 3.63) is 81.2 Å². The molecule has 0 spiro atoms. The minimum Gasteiger partial charge on any atom is -0.406 e. The molecule has 1 aliphatic heterocycles. The number of fused-ring (bicyclic) bond motifs is 1. The number of ether oxygens (including phenoxy) is 1. The van der Waals surface area contributed by atoms with Crippen LogP contribution in [-0.4, -0.2) is 21.1 Å². The lowest BCUT2D eigenvalue weighted by Crippen LogP contribution is -2.17. The Labute approximate surface area is 174 Å². The zero-order chi connectivity index (χ0) is 21.5. The van der Waals surface area contributed by atoms with Gasteiger partial charge in [-0.1, -0.05) is 29.8 Å². The van der Waals surface area contributed by atoms with Crippen LogP contribution in [0.25, 0.3) is 22.5 Å². The summed E-state index contributed by atoms with van der Waals surface area (Å²) in [5, 5.41) is 4.71.